The number of carbonyl (C=O) groups is 2. The van der Waals surface area contributed by atoms with Crippen molar-refractivity contribution < 1.29 is 22.4 Å². The number of unbranched alkanes of at least 4 members (excludes halogenated alkanes) is 1. The first kappa shape index (κ1) is 28.9. The fraction of sp³-hybridized carbons (Fsp3) is 0.417. The lowest BCUT2D eigenvalue weighted by Crippen LogP contribution is -2.52. The quantitative estimate of drug-likeness (QED) is 0.394. The molecule has 0 saturated carbocycles. The number of halogens is 3. The Morgan fingerprint density at radius 1 is 1.09 bits per heavy atom. The molecule has 35 heavy (non-hydrogen) atoms. The summed E-state index contributed by atoms with van der Waals surface area (Å²) >= 11 is 12.2. The molecule has 0 bridgehead atoms. The first-order chi connectivity index (χ1) is 16.5. The highest BCUT2D eigenvalue weighted by atomic mass is 35.5. The van der Waals surface area contributed by atoms with Crippen molar-refractivity contribution in [1.29, 1.82) is 0 Å². The van der Waals surface area contributed by atoms with Gasteiger partial charge in [-0.15, -0.1) is 0 Å². The van der Waals surface area contributed by atoms with Crippen molar-refractivity contribution in [2.75, 3.05) is 23.7 Å². The van der Waals surface area contributed by atoms with Crippen LogP contribution in [0.4, 0.5) is 10.1 Å². The van der Waals surface area contributed by atoms with Crippen molar-refractivity contribution in [2.45, 2.75) is 45.7 Å². The third-order valence-electron chi connectivity index (χ3n) is 5.34. The molecule has 0 aromatic heterocycles. The summed E-state index contributed by atoms with van der Waals surface area (Å²) in [5, 5.41) is 3.21. The van der Waals surface area contributed by atoms with E-state index >= 15 is 0 Å². The monoisotopic (exact) mass is 545 g/mol. The number of carbonyl (C=O) groups excluding carboxylic acids is 2. The number of hydrogen-bond acceptors (Lipinski definition) is 4. The minimum atomic E-state index is -3.92. The number of anilines is 1. The summed E-state index contributed by atoms with van der Waals surface area (Å²) in [6, 6.07) is 8.96. The third kappa shape index (κ3) is 8.37. The van der Waals surface area contributed by atoms with Gasteiger partial charge in [0, 0.05) is 18.1 Å². The average Bonchev–Trinajstić information content (AvgIpc) is 2.78. The highest BCUT2D eigenvalue weighted by Gasteiger charge is 2.32. The molecule has 1 N–H and O–H groups in total. The van der Waals surface area contributed by atoms with Crippen LogP contribution in [-0.2, 0) is 26.2 Å². The zero-order valence-electron chi connectivity index (χ0n) is 19.9. The van der Waals surface area contributed by atoms with E-state index in [0.29, 0.717) is 23.6 Å². The zero-order chi connectivity index (χ0) is 26.2. The Kier molecular flexibility index (Phi) is 10.8. The largest absolute Gasteiger partial charge is 0.354 e. The summed E-state index contributed by atoms with van der Waals surface area (Å²) in [4.78, 5) is 27.8. The van der Waals surface area contributed by atoms with Crippen LogP contribution in [0.1, 0.15) is 38.7 Å². The second-order valence-corrected chi connectivity index (χ2v) is 10.8. The Morgan fingerprint density at radius 3 is 2.29 bits per heavy atom. The molecule has 0 spiro atoms. The Morgan fingerprint density at radius 2 is 1.74 bits per heavy atom. The molecule has 2 aromatic rings. The highest BCUT2D eigenvalue weighted by molar-refractivity contribution is 7.92. The zero-order valence-corrected chi connectivity index (χ0v) is 22.3. The van der Waals surface area contributed by atoms with Crippen LogP contribution >= 0.6 is 23.2 Å². The molecule has 0 aliphatic carbocycles. The van der Waals surface area contributed by atoms with Gasteiger partial charge >= 0.3 is 0 Å². The van der Waals surface area contributed by atoms with Crippen LogP contribution in [0.3, 0.4) is 0 Å². The SMILES string of the molecule is CCCCNC(=O)[C@@H](CC)N(Cc1ccc(F)cc1)C(=O)CN(c1ccc(Cl)cc1Cl)S(C)(=O)=O. The Labute approximate surface area is 216 Å². The molecule has 0 fully saturated rings. The smallest absolute Gasteiger partial charge is 0.244 e. The Hall–Kier alpha value is -2.36. The lowest BCUT2D eigenvalue weighted by molar-refractivity contribution is -0.140. The predicted octanol–water partition coefficient (Wildman–Crippen LogP) is 4.62. The molecule has 0 aliphatic heterocycles. The van der Waals surface area contributed by atoms with Crippen LogP contribution in [0.2, 0.25) is 10.0 Å². The molecule has 0 saturated heterocycles. The molecule has 2 amide bonds. The molecule has 192 valence electrons. The number of benzene rings is 2. The molecular formula is C24H30Cl2FN3O4S. The van der Waals surface area contributed by atoms with Crippen LogP contribution in [-0.4, -0.2) is 50.5 Å². The van der Waals surface area contributed by atoms with Gasteiger partial charge in [-0.1, -0.05) is 55.6 Å². The second-order valence-electron chi connectivity index (χ2n) is 8.08. The molecule has 2 aromatic carbocycles. The van der Waals surface area contributed by atoms with E-state index in [1.54, 1.807) is 6.92 Å². The van der Waals surface area contributed by atoms with Gasteiger partial charge in [-0.05, 0) is 48.7 Å². The third-order valence-corrected chi connectivity index (χ3v) is 7.00. The summed E-state index contributed by atoms with van der Waals surface area (Å²) < 4.78 is 39.5. The van der Waals surface area contributed by atoms with E-state index in [4.69, 9.17) is 23.2 Å². The van der Waals surface area contributed by atoms with Gasteiger partial charge in [0.15, 0.2) is 0 Å². The van der Waals surface area contributed by atoms with E-state index in [9.17, 15) is 22.4 Å². The van der Waals surface area contributed by atoms with Crippen LogP contribution in [0.25, 0.3) is 0 Å². The molecule has 0 radical (unpaired) electrons. The number of sulfonamides is 1. The van der Waals surface area contributed by atoms with Gasteiger partial charge in [-0.25, -0.2) is 12.8 Å². The van der Waals surface area contributed by atoms with E-state index in [-0.39, 0.29) is 23.2 Å². The van der Waals surface area contributed by atoms with Crippen molar-refractivity contribution in [2.24, 2.45) is 0 Å². The van der Waals surface area contributed by atoms with E-state index in [2.05, 4.69) is 5.32 Å². The number of rotatable bonds is 12. The summed E-state index contributed by atoms with van der Waals surface area (Å²) in [7, 11) is -3.92. The number of nitrogens with one attached hydrogen (secondary N) is 1. The van der Waals surface area contributed by atoms with Gasteiger partial charge in [0.05, 0.1) is 17.0 Å². The van der Waals surface area contributed by atoms with Crippen LogP contribution in [0.15, 0.2) is 42.5 Å². The fourth-order valence-electron chi connectivity index (χ4n) is 3.49. The first-order valence-corrected chi connectivity index (χ1v) is 13.8. The van der Waals surface area contributed by atoms with Gasteiger partial charge in [0.1, 0.15) is 18.4 Å². The number of nitrogens with zero attached hydrogens (tertiary/aromatic N) is 2. The van der Waals surface area contributed by atoms with Gasteiger partial charge in [0.2, 0.25) is 21.8 Å². The van der Waals surface area contributed by atoms with Gasteiger partial charge < -0.3 is 10.2 Å². The van der Waals surface area contributed by atoms with Gasteiger partial charge in [-0.2, -0.15) is 0 Å². The van der Waals surface area contributed by atoms with E-state index in [0.717, 1.165) is 23.4 Å². The van der Waals surface area contributed by atoms with Crippen molar-refractivity contribution >= 4 is 50.7 Å². The van der Waals surface area contributed by atoms with Crippen LogP contribution < -0.4 is 9.62 Å². The second kappa shape index (κ2) is 13.1. The molecule has 1 atom stereocenters. The van der Waals surface area contributed by atoms with Crippen LogP contribution in [0.5, 0.6) is 0 Å². The summed E-state index contributed by atoms with van der Waals surface area (Å²) in [6.45, 7) is 3.63. The maximum Gasteiger partial charge on any atom is 0.244 e. The van der Waals surface area contributed by atoms with Crippen molar-refractivity contribution in [3.05, 3.63) is 63.9 Å². The summed E-state index contributed by atoms with van der Waals surface area (Å²) in [5.41, 5.74) is 0.684. The maximum absolute atomic E-state index is 13.6. The van der Waals surface area contributed by atoms with E-state index < -0.39 is 34.3 Å². The molecule has 0 aliphatic rings. The van der Waals surface area contributed by atoms with Gasteiger partial charge in [-0.3, -0.25) is 13.9 Å². The van der Waals surface area contributed by atoms with Crippen LogP contribution in [0, 0.1) is 5.82 Å². The topological polar surface area (TPSA) is 86.8 Å². The Bertz CT molecular complexity index is 1130. The van der Waals surface area contributed by atoms with Crippen molar-refractivity contribution in [3.63, 3.8) is 0 Å². The van der Waals surface area contributed by atoms with Crippen molar-refractivity contribution in [1.82, 2.24) is 10.2 Å². The average molecular weight is 546 g/mol. The lowest BCUT2D eigenvalue weighted by Gasteiger charge is -2.33. The predicted molar refractivity (Wildman–Crippen MR) is 138 cm³/mol. The molecular weight excluding hydrogens is 516 g/mol. The first-order valence-electron chi connectivity index (χ1n) is 11.2. The minimum absolute atomic E-state index is 0.00916. The fourth-order valence-corrected chi connectivity index (χ4v) is 4.91. The van der Waals surface area contributed by atoms with E-state index in [1.165, 1.54) is 47.4 Å². The number of amides is 2. The summed E-state index contributed by atoms with van der Waals surface area (Å²) in [6.07, 6.45) is 2.93. The number of hydrogen-bond donors (Lipinski definition) is 1. The lowest BCUT2D eigenvalue weighted by atomic mass is 10.1. The molecule has 0 heterocycles. The minimum Gasteiger partial charge on any atom is -0.354 e. The molecule has 11 heteroatoms. The molecule has 7 nitrogen and oxygen atoms in total. The Balaban J connectivity index is 2.42. The molecule has 0 unspecified atom stereocenters. The maximum atomic E-state index is 13.6. The van der Waals surface area contributed by atoms with Crippen molar-refractivity contribution in [3.8, 4) is 0 Å². The van der Waals surface area contributed by atoms with E-state index in [1.807, 2.05) is 6.92 Å². The van der Waals surface area contributed by atoms with Gasteiger partial charge in [0.25, 0.3) is 0 Å². The molecule has 2 rings (SSSR count). The highest BCUT2D eigenvalue weighted by Crippen LogP contribution is 2.30. The standard InChI is InChI=1S/C24H30Cl2FN3O4S/c1-4-6-13-28-24(32)21(5-2)29(15-17-7-10-19(27)11-8-17)23(31)16-30(35(3,33)34)22-12-9-18(25)14-20(22)26/h7-12,14,21H,4-6,13,15-16H2,1-3H3,(H,28,32)/t21-/m1/s1. The summed E-state index contributed by atoms with van der Waals surface area (Å²) in [5.74, 6) is -1.38. The normalized spacial score (nSPS) is 12.2.